The molecule has 0 aromatic rings. The number of hydrogen-bond acceptors (Lipinski definition) is 2. The van der Waals surface area contributed by atoms with E-state index in [0.717, 1.165) is 12.8 Å². The van der Waals surface area contributed by atoms with E-state index in [2.05, 4.69) is 0 Å². The second kappa shape index (κ2) is 8.80. The van der Waals surface area contributed by atoms with Gasteiger partial charge >= 0.3 is 8.03 Å². The van der Waals surface area contributed by atoms with Crippen LogP contribution in [0.3, 0.4) is 0 Å². The molecule has 0 N–H and O–H groups in total. The van der Waals surface area contributed by atoms with E-state index in [1.807, 2.05) is 0 Å². The molecular formula is C7H17AlO2PZn+. The summed E-state index contributed by atoms with van der Waals surface area (Å²) in [6, 6.07) is 0. The van der Waals surface area contributed by atoms with Crippen molar-refractivity contribution in [2.24, 2.45) is 0 Å². The summed E-state index contributed by atoms with van der Waals surface area (Å²) in [5.41, 5.74) is 0. The third-order valence-electron chi connectivity index (χ3n) is 1.85. The minimum absolute atomic E-state index is 0. The van der Waals surface area contributed by atoms with Crippen LogP contribution in [0.1, 0.15) is 32.1 Å². The quantitative estimate of drug-likeness (QED) is 0.553. The van der Waals surface area contributed by atoms with Crippen LogP contribution < -0.4 is 0 Å². The Hall–Kier alpha value is 1.22. The monoisotopic (exact) mass is 255 g/mol. The minimum Gasteiger partial charge on any atom is -0.143 e. The smallest absolute Gasteiger partial charge is 0.143 e. The minimum atomic E-state index is -1.37. The third kappa shape index (κ3) is 6.70. The van der Waals surface area contributed by atoms with Crippen molar-refractivity contribution < 1.29 is 28.6 Å². The van der Waals surface area contributed by atoms with Gasteiger partial charge in [0.25, 0.3) is 0 Å². The van der Waals surface area contributed by atoms with Crippen LogP contribution in [-0.4, -0.2) is 30.1 Å². The van der Waals surface area contributed by atoms with E-state index in [4.69, 9.17) is 4.52 Å². The van der Waals surface area contributed by atoms with Gasteiger partial charge in [0.2, 0.25) is 0 Å². The maximum atomic E-state index is 10.6. The van der Waals surface area contributed by atoms with Crippen LogP contribution in [-0.2, 0) is 28.6 Å². The van der Waals surface area contributed by atoms with E-state index in [9.17, 15) is 4.57 Å². The van der Waals surface area contributed by atoms with Crippen molar-refractivity contribution >= 4 is 25.4 Å². The second-order valence-corrected chi connectivity index (χ2v) is 3.90. The first-order valence-electron chi connectivity index (χ1n) is 3.86. The van der Waals surface area contributed by atoms with E-state index >= 15 is 0 Å². The summed E-state index contributed by atoms with van der Waals surface area (Å²) in [5, 5.41) is 0. The maximum absolute atomic E-state index is 10.6. The van der Waals surface area contributed by atoms with Gasteiger partial charge in [0.15, 0.2) is 24.0 Å². The SMILES string of the molecule is C[P+](=O)OC1CCCCC1.[AlH3].[Zn]. The zero-order chi connectivity index (χ0) is 7.40. The molecule has 66 valence electrons. The first-order valence-corrected chi connectivity index (χ1v) is 5.49. The Morgan fingerprint density at radius 3 is 2.17 bits per heavy atom. The molecule has 0 amide bonds. The van der Waals surface area contributed by atoms with Crippen LogP contribution in [0.4, 0.5) is 0 Å². The van der Waals surface area contributed by atoms with Crippen LogP contribution in [0.5, 0.6) is 0 Å². The molecule has 1 saturated carbocycles. The van der Waals surface area contributed by atoms with E-state index in [1.165, 1.54) is 19.3 Å². The predicted octanol–water partition coefficient (Wildman–Crippen LogP) is 1.52. The first kappa shape index (κ1) is 15.7. The van der Waals surface area contributed by atoms with Crippen molar-refractivity contribution in [3.05, 3.63) is 0 Å². The van der Waals surface area contributed by atoms with Crippen LogP contribution in [0.15, 0.2) is 0 Å². The molecule has 1 aliphatic carbocycles. The fraction of sp³-hybridized carbons (Fsp3) is 1.00. The molecule has 0 aromatic heterocycles. The van der Waals surface area contributed by atoms with Gasteiger partial charge in [-0.05, 0) is 17.4 Å². The normalized spacial score (nSPS) is 18.9. The van der Waals surface area contributed by atoms with E-state index in [1.54, 1.807) is 6.66 Å². The average molecular weight is 257 g/mol. The molecule has 0 heterocycles. The van der Waals surface area contributed by atoms with E-state index in [-0.39, 0.29) is 36.8 Å². The molecule has 1 atom stereocenters. The maximum Gasteiger partial charge on any atom is 0.505 e. The summed E-state index contributed by atoms with van der Waals surface area (Å²) >= 11 is 0. The molecule has 12 heavy (non-hydrogen) atoms. The number of rotatable bonds is 2. The van der Waals surface area contributed by atoms with Crippen LogP contribution in [0.2, 0.25) is 0 Å². The summed E-state index contributed by atoms with van der Waals surface area (Å²) in [6.07, 6.45) is 6.31. The van der Waals surface area contributed by atoms with Gasteiger partial charge in [0.1, 0.15) is 6.10 Å². The molecule has 0 spiro atoms. The Morgan fingerprint density at radius 1 is 1.25 bits per heavy atom. The summed E-state index contributed by atoms with van der Waals surface area (Å²) in [6.45, 7) is 1.63. The van der Waals surface area contributed by atoms with E-state index in [0.29, 0.717) is 6.10 Å². The van der Waals surface area contributed by atoms with E-state index < -0.39 is 8.03 Å². The zero-order valence-electron chi connectivity index (χ0n) is 7.08. The van der Waals surface area contributed by atoms with Gasteiger partial charge in [-0.2, -0.15) is 0 Å². The average Bonchev–Trinajstić information content (AvgIpc) is 1.88. The number of hydrogen-bond donors (Lipinski definition) is 0. The molecule has 1 unspecified atom stereocenters. The standard InChI is InChI=1S/C7H14O2P.Al.Zn.3H/c1-10(8)9-7-5-3-2-4-6-7;;;;;/h7H,2-6H2,1H3;;;;;/q+1;;;;;. The Labute approximate surface area is 98.6 Å². The van der Waals surface area contributed by atoms with Gasteiger partial charge in [-0.3, -0.25) is 0 Å². The predicted molar refractivity (Wildman–Crippen MR) is 51.4 cm³/mol. The van der Waals surface area contributed by atoms with Crippen LogP contribution in [0.25, 0.3) is 0 Å². The fourth-order valence-electron chi connectivity index (χ4n) is 1.38. The van der Waals surface area contributed by atoms with Crippen molar-refractivity contribution in [3.8, 4) is 0 Å². The summed E-state index contributed by atoms with van der Waals surface area (Å²) in [7, 11) is -1.37. The van der Waals surface area contributed by atoms with Gasteiger partial charge in [-0.15, -0.1) is 4.52 Å². The van der Waals surface area contributed by atoms with Crippen molar-refractivity contribution in [2.75, 3.05) is 6.66 Å². The molecule has 1 fully saturated rings. The molecule has 0 aliphatic heterocycles. The van der Waals surface area contributed by atoms with Gasteiger partial charge in [0, 0.05) is 19.5 Å². The first-order chi connectivity index (χ1) is 4.79. The van der Waals surface area contributed by atoms with Crippen LogP contribution >= 0.6 is 8.03 Å². The van der Waals surface area contributed by atoms with Crippen molar-refractivity contribution in [2.45, 2.75) is 38.2 Å². The molecule has 0 saturated heterocycles. The topological polar surface area (TPSA) is 26.3 Å². The largest absolute Gasteiger partial charge is 0.505 e. The third-order valence-corrected chi connectivity index (χ3v) is 2.44. The van der Waals surface area contributed by atoms with Crippen molar-refractivity contribution in [1.29, 1.82) is 0 Å². The molecular weight excluding hydrogens is 239 g/mol. The summed E-state index contributed by atoms with van der Waals surface area (Å²) in [5.74, 6) is 0. The Kier molecular flexibility index (Phi) is 11.5. The second-order valence-electron chi connectivity index (χ2n) is 2.81. The van der Waals surface area contributed by atoms with Crippen LogP contribution in [0, 0.1) is 0 Å². The van der Waals surface area contributed by atoms with Crippen molar-refractivity contribution in [3.63, 3.8) is 0 Å². The summed E-state index contributed by atoms with van der Waals surface area (Å²) < 4.78 is 15.8. The van der Waals surface area contributed by atoms with Gasteiger partial charge < -0.3 is 0 Å². The molecule has 1 aliphatic rings. The molecule has 5 heteroatoms. The Balaban J connectivity index is 0. The van der Waals surface area contributed by atoms with Gasteiger partial charge in [0.05, 0.1) is 0 Å². The molecule has 1 rings (SSSR count). The summed E-state index contributed by atoms with van der Waals surface area (Å²) in [4.78, 5) is 0. The van der Waals surface area contributed by atoms with Crippen molar-refractivity contribution in [1.82, 2.24) is 0 Å². The molecule has 0 aromatic carbocycles. The van der Waals surface area contributed by atoms with Gasteiger partial charge in [-0.1, -0.05) is 19.3 Å². The molecule has 0 bridgehead atoms. The molecule has 0 radical (unpaired) electrons. The van der Waals surface area contributed by atoms with Gasteiger partial charge in [-0.25, -0.2) is 0 Å². The fourth-order valence-corrected chi connectivity index (χ4v) is 2.01. The Bertz CT molecular complexity index is 129. The zero-order valence-corrected chi connectivity index (χ0v) is 10.9. The molecule has 2 nitrogen and oxygen atoms in total. The Morgan fingerprint density at radius 2 is 1.75 bits per heavy atom.